The normalized spacial score (nSPS) is 16.8. The molecule has 0 aliphatic heterocycles. The van der Waals surface area contributed by atoms with Gasteiger partial charge in [0.15, 0.2) is 0 Å². The van der Waals surface area contributed by atoms with Crippen LogP contribution in [-0.2, 0) is 14.2 Å². The molecule has 0 aliphatic carbocycles. The van der Waals surface area contributed by atoms with E-state index in [9.17, 15) is 24.2 Å². The van der Waals surface area contributed by atoms with Crippen molar-refractivity contribution in [2.45, 2.75) is 44.9 Å². The van der Waals surface area contributed by atoms with Gasteiger partial charge >= 0.3 is 5.97 Å². The minimum absolute atomic E-state index is 0.263. The van der Waals surface area contributed by atoms with Crippen LogP contribution in [0.3, 0.4) is 0 Å². The largest absolute Gasteiger partial charge is 0.481 e. The monoisotopic (exact) mass is 413 g/mol. The van der Waals surface area contributed by atoms with Gasteiger partial charge in [-0.05, 0) is 30.9 Å². The molecule has 158 valence electrons. The van der Waals surface area contributed by atoms with Crippen LogP contribution >= 0.6 is 7.37 Å². The third kappa shape index (κ3) is 7.36. The molecule has 1 aromatic rings. The van der Waals surface area contributed by atoms with E-state index in [1.165, 1.54) is 0 Å². The van der Waals surface area contributed by atoms with Crippen LogP contribution in [0.5, 0.6) is 0 Å². The summed E-state index contributed by atoms with van der Waals surface area (Å²) in [4.78, 5) is 34.7. The van der Waals surface area contributed by atoms with Crippen LogP contribution in [0.15, 0.2) is 30.3 Å². The van der Waals surface area contributed by atoms with Gasteiger partial charge in [-0.1, -0.05) is 50.6 Å². The number of unbranched alkanes of at least 4 members (excludes halogenated alkanes) is 1. The van der Waals surface area contributed by atoms with Gasteiger partial charge in [0.2, 0.25) is 13.3 Å². The second kappa shape index (κ2) is 11.3. The van der Waals surface area contributed by atoms with Gasteiger partial charge < -0.3 is 26.8 Å². The van der Waals surface area contributed by atoms with Crippen molar-refractivity contribution in [3.63, 3.8) is 0 Å². The lowest BCUT2D eigenvalue weighted by Crippen LogP contribution is -2.44. The molecule has 8 nitrogen and oxygen atoms in total. The Bertz CT molecular complexity index is 683. The van der Waals surface area contributed by atoms with Gasteiger partial charge in [0.1, 0.15) is 11.8 Å². The first kappa shape index (κ1) is 24.3. The zero-order valence-corrected chi connectivity index (χ0v) is 17.3. The van der Waals surface area contributed by atoms with Gasteiger partial charge in [-0.25, -0.2) is 0 Å². The van der Waals surface area contributed by atoms with E-state index in [2.05, 4.69) is 5.32 Å². The third-order valence-electron chi connectivity index (χ3n) is 4.64. The zero-order chi connectivity index (χ0) is 21.3. The van der Waals surface area contributed by atoms with Crippen LogP contribution in [0, 0.1) is 11.8 Å². The highest BCUT2D eigenvalue weighted by Gasteiger charge is 2.39. The van der Waals surface area contributed by atoms with E-state index in [4.69, 9.17) is 11.5 Å². The number of carboxylic acids is 1. The van der Waals surface area contributed by atoms with Crippen LogP contribution in [-0.4, -0.2) is 40.4 Å². The number of benzene rings is 1. The van der Waals surface area contributed by atoms with Crippen LogP contribution in [0.25, 0.3) is 0 Å². The maximum absolute atomic E-state index is 13.0. The number of carbonyl (C=O) groups excluding carboxylic acids is 1. The molecule has 0 fully saturated rings. The minimum atomic E-state index is -4.00. The predicted octanol–water partition coefficient (Wildman–Crippen LogP) is 1.88. The van der Waals surface area contributed by atoms with E-state index in [1.807, 2.05) is 0 Å². The number of nitrogens with one attached hydrogen (secondary N) is 1. The summed E-state index contributed by atoms with van der Waals surface area (Å²) in [6.45, 7) is 3.84. The molecular formula is C19H32N3O5P. The topological polar surface area (TPSA) is 156 Å². The molecule has 0 spiro atoms. The molecule has 4 atom stereocenters. The first-order valence-corrected chi connectivity index (χ1v) is 11.4. The molecule has 7 N–H and O–H groups in total. The van der Waals surface area contributed by atoms with Crippen LogP contribution in [0.4, 0.5) is 0 Å². The van der Waals surface area contributed by atoms with E-state index in [1.54, 1.807) is 44.2 Å². The molecule has 0 radical (unpaired) electrons. The first-order valence-electron chi connectivity index (χ1n) is 9.45. The number of rotatable bonds is 12. The van der Waals surface area contributed by atoms with Gasteiger partial charge in [-0.3, -0.25) is 14.2 Å². The van der Waals surface area contributed by atoms with Gasteiger partial charge in [0.25, 0.3) is 0 Å². The maximum Gasteiger partial charge on any atom is 0.307 e. The van der Waals surface area contributed by atoms with Crippen molar-refractivity contribution in [1.29, 1.82) is 0 Å². The molecule has 28 heavy (non-hydrogen) atoms. The molecule has 0 aromatic heterocycles. The summed E-state index contributed by atoms with van der Waals surface area (Å²) in [6.07, 6.45) is 1.07. The van der Waals surface area contributed by atoms with E-state index < -0.39 is 43.1 Å². The quantitative estimate of drug-likeness (QED) is 0.259. The van der Waals surface area contributed by atoms with E-state index in [0.29, 0.717) is 24.9 Å². The summed E-state index contributed by atoms with van der Waals surface area (Å²) < 4.78 is 13.0. The Labute approximate surface area is 166 Å². The first-order chi connectivity index (χ1) is 13.1. The summed E-state index contributed by atoms with van der Waals surface area (Å²) in [7, 11) is -4.00. The fourth-order valence-corrected chi connectivity index (χ4v) is 5.50. The van der Waals surface area contributed by atoms with Gasteiger partial charge in [-0.15, -0.1) is 0 Å². The maximum atomic E-state index is 13.0. The lowest BCUT2D eigenvalue weighted by molar-refractivity contribution is -0.141. The Morgan fingerprint density at radius 1 is 1.18 bits per heavy atom. The second-order valence-corrected chi connectivity index (χ2v) is 9.78. The van der Waals surface area contributed by atoms with Crippen molar-refractivity contribution in [2.75, 3.05) is 12.7 Å². The summed E-state index contributed by atoms with van der Waals surface area (Å²) in [5.41, 5.74) is 12.0. The molecule has 0 bridgehead atoms. The number of hydrogen-bond donors (Lipinski definition) is 5. The number of hydrogen-bond acceptors (Lipinski definition) is 5. The Hall–Kier alpha value is -1.73. The van der Waals surface area contributed by atoms with Crippen molar-refractivity contribution in [3.8, 4) is 0 Å². The highest BCUT2D eigenvalue weighted by molar-refractivity contribution is 7.58. The van der Waals surface area contributed by atoms with E-state index in [-0.39, 0.29) is 12.3 Å². The molecule has 1 aromatic carbocycles. The van der Waals surface area contributed by atoms with Crippen molar-refractivity contribution in [1.82, 2.24) is 5.32 Å². The molecule has 9 heteroatoms. The number of aliphatic carboxylic acids is 1. The molecule has 1 rings (SSSR count). The van der Waals surface area contributed by atoms with Crippen LogP contribution in [0.1, 0.15) is 44.7 Å². The smallest absolute Gasteiger partial charge is 0.307 e. The number of carboxylic acid groups (broad SMARTS) is 1. The third-order valence-corrected chi connectivity index (χ3v) is 7.19. The highest BCUT2D eigenvalue weighted by atomic mass is 31.2. The Kier molecular flexibility index (Phi) is 9.82. The van der Waals surface area contributed by atoms with Gasteiger partial charge in [-0.2, -0.15) is 0 Å². The summed E-state index contributed by atoms with van der Waals surface area (Å²) in [6, 6.07) is 7.71. The fraction of sp³-hybridized carbons (Fsp3) is 0.579. The minimum Gasteiger partial charge on any atom is -0.481 e. The standard InChI is InChI=1S/C19H32N3O5P/c1-13(2)18(22-17(23)16(21)14-8-4-3-5-9-14)28(26,27)12-15(19(24)25)10-6-7-11-20/h3-5,8-9,13,15-16,18H,6-7,10-12,20-21H2,1-2H3,(H,22,23)(H,24,25)(H,26,27). The van der Waals surface area contributed by atoms with Crippen molar-refractivity contribution in [3.05, 3.63) is 35.9 Å². The number of carbonyl (C=O) groups is 2. The Morgan fingerprint density at radius 2 is 1.79 bits per heavy atom. The molecular weight excluding hydrogens is 381 g/mol. The predicted molar refractivity (Wildman–Crippen MR) is 109 cm³/mol. The van der Waals surface area contributed by atoms with Crippen LogP contribution < -0.4 is 16.8 Å². The molecule has 0 saturated carbocycles. The second-order valence-electron chi connectivity index (χ2n) is 7.34. The summed E-state index contributed by atoms with van der Waals surface area (Å²) in [5.74, 6) is -4.12. The van der Waals surface area contributed by atoms with Crippen LogP contribution in [0.2, 0.25) is 0 Å². The average Bonchev–Trinajstić information content (AvgIpc) is 2.64. The molecule has 0 heterocycles. The lowest BCUT2D eigenvalue weighted by atomic mass is 10.0. The van der Waals surface area contributed by atoms with Crippen molar-refractivity contribution < 1.29 is 24.2 Å². The van der Waals surface area contributed by atoms with E-state index in [0.717, 1.165) is 0 Å². The Morgan fingerprint density at radius 3 is 2.29 bits per heavy atom. The average molecular weight is 413 g/mol. The molecule has 4 unspecified atom stereocenters. The summed E-state index contributed by atoms with van der Waals surface area (Å²) in [5, 5.41) is 12.0. The number of amides is 1. The van der Waals surface area contributed by atoms with Gasteiger partial charge in [0.05, 0.1) is 5.92 Å². The van der Waals surface area contributed by atoms with Crippen molar-refractivity contribution >= 4 is 19.2 Å². The molecule has 1 amide bonds. The lowest BCUT2D eigenvalue weighted by Gasteiger charge is -2.30. The Balaban J connectivity index is 2.90. The van der Waals surface area contributed by atoms with E-state index >= 15 is 0 Å². The fourth-order valence-electron chi connectivity index (χ4n) is 3.04. The number of nitrogens with two attached hydrogens (primary N) is 2. The zero-order valence-electron chi connectivity index (χ0n) is 16.5. The molecule has 0 saturated heterocycles. The highest BCUT2D eigenvalue weighted by Crippen LogP contribution is 2.50. The van der Waals surface area contributed by atoms with Gasteiger partial charge in [0, 0.05) is 6.16 Å². The summed E-state index contributed by atoms with van der Waals surface area (Å²) >= 11 is 0. The van der Waals surface area contributed by atoms with Crippen molar-refractivity contribution in [2.24, 2.45) is 23.3 Å². The molecule has 0 aliphatic rings. The SMILES string of the molecule is CC(C)C(NC(=O)C(N)c1ccccc1)P(=O)(O)CC(CCCCN)C(=O)O.